The van der Waals surface area contributed by atoms with Crippen LogP contribution in [0.3, 0.4) is 0 Å². The number of fused-ring (bicyclic) bond motifs is 5. The summed E-state index contributed by atoms with van der Waals surface area (Å²) in [5, 5.41) is 1.15. The second-order valence-electron chi connectivity index (χ2n) is 11.1. The molecule has 0 saturated carbocycles. The molecule has 210 valence electrons. The third-order valence-corrected chi connectivity index (χ3v) is 8.49. The van der Waals surface area contributed by atoms with Crippen molar-refractivity contribution in [3.8, 4) is 73.5 Å². The van der Waals surface area contributed by atoms with Gasteiger partial charge in [0.15, 0.2) is 11.6 Å². The average Bonchev–Trinajstić information content (AvgIpc) is 3.42. The van der Waals surface area contributed by atoms with Crippen LogP contribution in [0.15, 0.2) is 152 Å². The second kappa shape index (κ2) is 10.2. The predicted molar refractivity (Wildman–Crippen MR) is 181 cm³/mol. The number of rotatable bonds is 4. The van der Waals surface area contributed by atoms with E-state index < -0.39 is 0 Å². The Morgan fingerprint density at radius 1 is 0.422 bits per heavy atom. The fourth-order valence-corrected chi connectivity index (χ4v) is 6.57. The fourth-order valence-electron chi connectivity index (χ4n) is 6.57. The van der Waals surface area contributed by atoms with Crippen LogP contribution in [0, 0.1) is 0 Å². The average molecular weight is 576 g/mol. The highest BCUT2D eigenvalue weighted by molar-refractivity contribution is 6.17. The molecule has 1 aliphatic carbocycles. The van der Waals surface area contributed by atoms with Crippen LogP contribution in [0.1, 0.15) is 0 Å². The van der Waals surface area contributed by atoms with E-state index in [4.69, 9.17) is 19.9 Å². The molecular formula is C40H25N5. The SMILES string of the molecule is c1ccc(-c2nc(-c3ccccc3)nc(-n3c(-c4ccccn4)c4c5c(cccc53)-c3ccccc3-c3ccccc3-4)n2)cc1. The van der Waals surface area contributed by atoms with Crippen molar-refractivity contribution in [3.63, 3.8) is 0 Å². The van der Waals surface area contributed by atoms with Gasteiger partial charge in [-0.2, -0.15) is 9.97 Å². The van der Waals surface area contributed by atoms with Crippen LogP contribution in [0.2, 0.25) is 0 Å². The van der Waals surface area contributed by atoms with Gasteiger partial charge in [0.2, 0.25) is 5.95 Å². The van der Waals surface area contributed by atoms with Crippen molar-refractivity contribution in [2.45, 2.75) is 0 Å². The van der Waals surface area contributed by atoms with Crippen LogP contribution in [0.5, 0.6) is 0 Å². The van der Waals surface area contributed by atoms with E-state index in [9.17, 15) is 0 Å². The molecule has 5 nitrogen and oxygen atoms in total. The summed E-state index contributed by atoms with van der Waals surface area (Å²) < 4.78 is 2.18. The summed E-state index contributed by atoms with van der Waals surface area (Å²) in [5.74, 6) is 1.77. The molecule has 45 heavy (non-hydrogen) atoms. The Kier molecular flexibility index (Phi) is 5.74. The summed E-state index contributed by atoms with van der Waals surface area (Å²) in [6.07, 6.45) is 1.85. The van der Waals surface area contributed by atoms with Crippen LogP contribution in [0.4, 0.5) is 0 Å². The Morgan fingerprint density at radius 2 is 0.956 bits per heavy atom. The topological polar surface area (TPSA) is 56.5 Å². The molecule has 9 rings (SSSR count). The molecule has 0 spiro atoms. The van der Waals surface area contributed by atoms with Crippen molar-refractivity contribution >= 4 is 10.9 Å². The van der Waals surface area contributed by atoms with Crippen molar-refractivity contribution in [2.75, 3.05) is 0 Å². The number of hydrogen-bond donors (Lipinski definition) is 0. The monoisotopic (exact) mass is 575 g/mol. The van der Waals surface area contributed by atoms with Crippen molar-refractivity contribution in [1.82, 2.24) is 24.5 Å². The summed E-state index contributed by atoms with van der Waals surface area (Å²) in [6, 6.07) is 50.1. The Bertz CT molecular complexity index is 2300. The number of nitrogens with zero attached hydrogens (tertiary/aromatic N) is 5. The van der Waals surface area contributed by atoms with Gasteiger partial charge in [-0.15, -0.1) is 0 Å². The van der Waals surface area contributed by atoms with Gasteiger partial charge in [0.25, 0.3) is 0 Å². The maximum Gasteiger partial charge on any atom is 0.238 e. The first-order chi connectivity index (χ1) is 22.3. The lowest BCUT2D eigenvalue weighted by Gasteiger charge is -2.15. The molecule has 0 N–H and O–H groups in total. The van der Waals surface area contributed by atoms with Gasteiger partial charge < -0.3 is 0 Å². The summed E-state index contributed by atoms with van der Waals surface area (Å²) >= 11 is 0. The fraction of sp³-hybridized carbons (Fsp3) is 0. The van der Waals surface area contributed by atoms with Crippen LogP contribution in [-0.4, -0.2) is 24.5 Å². The molecule has 0 atom stereocenters. The van der Waals surface area contributed by atoms with Gasteiger partial charge in [0, 0.05) is 28.3 Å². The van der Waals surface area contributed by atoms with Gasteiger partial charge in [-0.3, -0.25) is 9.55 Å². The molecule has 3 aromatic heterocycles. The highest BCUT2D eigenvalue weighted by Gasteiger charge is 2.30. The molecule has 0 bridgehead atoms. The number of aromatic nitrogens is 5. The van der Waals surface area contributed by atoms with Crippen LogP contribution >= 0.6 is 0 Å². The molecule has 0 saturated heterocycles. The Balaban J connectivity index is 1.46. The highest BCUT2D eigenvalue weighted by atomic mass is 15.2. The van der Waals surface area contributed by atoms with Crippen molar-refractivity contribution in [1.29, 1.82) is 0 Å². The molecule has 0 amide bonds. The quantitative estimate of drug-likeness (QED) is 0.210. The summed E-state index contributed by atoms with van der Waals surface area (Å²) in [7, 11) is 0. The van der Waals surface area contributed by atoms with Gasteiger partial charge in [-0.1, -0.05) is 127 Å². The van der Waals surface area contributed by atoms with Crippen LogP contribution in [-0.2, 0) is 0 Å². The van der Waals surface area contributed by atoms with E-state index in [1.54, 1.807) is 0 Å². The van der Waals surface area contributed by atoms with Gasteiger partial charge in [-0.25, -0.2) is 4.98 Å². The molecule has 1 aliphatic rings. The molecular weight excluding hydrogens is 550 g/mol. The third kappa shape index (κ3) is 4.02. The normalized spacial score (nSPS) is 11.6. The maximum absolute atomic E-state index is 5.17. The minimum Gasteiger partial charge on any atom is -0.276 e. The zero-order valence-electron chi connectivity index (χ0n) is 24.2. The van der Waals surface area contributed by atoms with E-state index in [0.717, 1.165) is 44.5 Å². The van der Waals surface area contributed by atoms with E-state index >= 15 is 0 Å². The maximum atomic E-state index is 5.17. The Morgan fingerprint density at radius 3 is 1.58 bits per heavy atom. The lowest BCUT2D eigenvalue weighted by molar-refractivity contribution is 0.935. The van der Waals surface area contributed by atoms with Crippen LogP contribution in [0.25, 0.3) is 84.4 Å². The summed E-state index contributed by atoms with van der Waals surface area (Å²) in [5.41, 5.74) is 11.7. The zero-order valence-corrected chi connectivity index (χ0v) is 24.2. The summed E-state index contributed by atoms with van der Waals surface area (Å²) in [6.45, 7) is 0. The minimum atomic E-state index is 0.545. The van der Waals surface area contributed by atoms with E-state index in [0.29, 0.717) is 17.6 Å². The smallest absolute Gasteiger partial charge is 0.238 e. The first-order valence-corrected chi connectivity index (χ1v) is 15.0. The lowest BCUT2D eigenvalue weighted by atomic mass is 9.93. The van der Waals surface area contributed by atoms with Crippen molar-refractivity contribution < 1.29 is 0 Å². The molecule has 0 fully saturated rings. The third-order valence-electron chi connectivity index (χ3n) is 8.49. The van der Waals surface area contributed by atoms with Gasteiger partial charge in [0.1, 0.15) is 0 Å². The van der Waals surface area contributed by atoms with Crippen molar-refractivity contribution in [2.24, 2.45) is 0 Å². The first kappa shape index (κ1) is 25.3. The van der Waals surface area contributed by atoms with Gasteiger partial charge >= 0.3 is 0 Å². The molecule has 5 aromatic carbocycles. The molecule has 0 unspecified atom stereocenters. The lowest BCUT2D eigenvalue weighted by Crippen LogP contribution is -2.08. The van der Waals surface area contributed by atoms with Crippen molar-refractivity contribution in [3.05, 3.63) is 152 Å². The zero-order chi connectivity index (χ0) is 29.7. The van der Waals surface area contributed by atoms with Crippen LogP contribution < -0.4 is 0 Å². The van der Waals surface area contributed by atoms with Gasteiger partial charge in [0.05, 0.1) is 16.9 Å². The highest BCUT2D eigenvalue weighted by Crippen LogP contribution is 2.52. The molecule has 0 aliphatic heterocycles. The Labute approximate surface area is 260 Å². The van der Waals surface area contributed by atoms with E-state index in [1.807, 2.05) is 79.0 Å². The molecule has 0 radical (unpaired) electrons. The number of hydrogen-bond acceptors (Lipinski definition) is 4. The van der Waals surface area contributed by atoms with E-state index in [1.165, 1.54) is 22.3 Å². The van der Waals surface area contributed by atoms with E-state index in [2.05, 4.69) is 77.4 Å². The first-order valence-electron chi connectivity index (χ1n) is 15.0. The largest absolute Gasteiger partial charge is 0.276 e. The second-order valence-corrected chi connectivity index (χ2v) is 11.1. The molecule has 3 heterocycles. The molecule has 5 heteroatoms. The van der Waals surface area contributed by atoms with Gasteiger partial charge in [-0.05, 0) is 46.0 Å². The minimum absolute atomic E-state index is 0.545. The summed E-state index contributed by atoms with van der Waals surface area (Å²) in [4.78, 5) is 20.2. The molecule has 8 aromatic rings. The number of pyridine rings is 1. The number of benzene rings is 5. The van der Waals surface area contributed by atoms with E-state index in [-0.39, 0.29) is 0 Å². The standard InChI is InChI=1S/C40H25N5/c1-3-14-26(15-4-1)38-42-39(27-16-5-2-6-17-27)44-40(43-38)45-34-24-13-22-31-29-19-8-7-18-28(29)30-20-9-10-21-32(30)36(35(31)34)37(45)33-23-11-12-25-41-33/h1-25H. The predicted octanol–water partition coefficient (Wildman–Crippen LogP) is 9.53. The Hall–Kier alpha value is -6.20.